The van der Waals surface area contributed by atoms with Gasteiger partial charge in [0.2, 0.25) is 0 Å². The van der Waals surface area contributed by atoms with Crippen LogP contribution in [0, 0.1) is 10.1 Å². The largest absolute Gasteiger partial charge is 0.462 e. The average Bonchev–Trinajstić information content (AvgIpc) is 2.98. The monoisotopic (exact) mass is 346 g/mol. The van der Waals surface area contributed by atoms with Crippen LogP contribution in [0.5, 0.6) is 0 Å². The number of hydrogen-bond donors (Lipinski definition) is 0. The van der Waals surface area contributed by atoms with E-state index in [1.165, 1.54) is 11.0 Å². The molecule has 1 heterocycles. The molecule has 25 heavy (non-hydrogen) atoms. The zero-order chi connectivity index (χ0) is 18.6. The van der Waals surface area contributed by atoms with Crippen molar-refractivity contribution in [3.63, 3.8) is 0 Å². The standard InChI is InChI=1S/C16H18N4O5/c1-4-25-16(22)13-5-12(6-14(7-13)20(23)24)15(21)18(2)9-11-8-17-19(3)10-11/h5-8,10H,4,9H2,1-3H3. The number of nitro benzene ring substituents is 1. The first-order chi connectivity index (χ1) is 11.8. The molecule has 0 spiro atoms. The van der Waals surface area contributed by atoms with Crippen molar-refractivity contribution in [3.05, 3.63) is 57.4 Å². The van der Waals surface area contributed by atoms with Crippen molar-refractivity contribution in [2.24, 2.45) is 7.05 Å². The maximum absolute atomic E-state index is 12.6. The minimum atomic E-state index is -0.713. The van der Waals surface area contributed by atoms with Crippen molar-refractivity contribution in [2.75, 3.05) is 13.7 Å². The molecule has 1 amide bonds. The predicted molar refractivity (Wildman–Crippen MR) is 88.1 cm³/mol. The van der Waals surface area contributed by atoms with Crippen molar-refractivity contribution in [2.45, 2.75) is 13.5 Å². The Labute approximate surface area is 143 Å². The Balaban J connectivity index is 2.30. The zero-order valence-electron chi connectivity index (χ0n) is 14.1. The molecule has 0 saturated carbocycles. The smallest absolute Gasteiger partial charge is 0.338 e. The fourth-order valence-electron chi connectivity index (χ4n) is 2.29. The molecule has 0 atom stereocenters. The van der Waals surface area contributed by atoms with E-state index in [-0.39, 0.29) is 30.0 Å². The number of carbonyl (C=O) groups is 2. The molecule has 1 aromatic heterocycles. The summed E-state index contributed by atoms with van der Waals surface area (Å²) in [4.78, 5) is 36.3. The summed E-state index contributed by atoms with van der Waals surface area (Å²) in [6.45, 7) is 2.04. The number of esters is 1. The van der Waals surface area contributed by atoms with E-state index in [1.807, 2.05) is 0 Å². The number of aromatic nitrogens is 2. The van der Waals surface area contributed by atoms with Crippen LogP contribution in [0.2, 0.25) is 0 Å². The molecule has 2 rings (SSSR count). The summed E-state index contributed by atoms with van der Waals surface area (Å²) in [6, 6.07) is 3.54. The fraction of sp³-hybridized carbons (Fsp3) is 0.312. The van der Waals surface area contributed by atoms with Crippen LogP contribution in [0.4, 0.5) is 5.69 Å². The highest BCUT2D eigenvalue weighted by Crippen LogP contribution is 2.20. The van der Waals surface area contributed by atoms with Gasteiger partial charge in [0, 0.05) is 50.1 Å². The number of non-ortho nitro benzene ring substituents is 1. The van der Waals surface area contributed by atoms with Gasteiger partial charge in [-0.3, -0.25) is 19.6 Å². The first-order valence-electron chi connectivity index (χ1n) is 7.51. The Bertz CT molecular complexity index is 815. The lowest BCUT2D eigenvalue weighted by Crippen LogP contribution is -2.26. The molecule has 0 aliphatic rings. The third-order valence-corrected chi connectivity index (χ3v) is 3.41. The number of benzene rings is 1. The van der Waals surface area contributed by atoms with Crippen LogP contribution in [0.25, 0.3) is 0 Å². The normalized spacial score (nSPS) is 10.4. The van der Waals surface area contributed by atoms with Gasteiger partial charge in [0.15, 0.2) is 0 Å². The Kier molecular flexibility index (Phi) is 5.48. The summed E-state index contributed by atoms with van der Waals surface area (Å²) in [6.07, 6.45) is 3.39. The van der Waals surface area contributed by atoms with Crippen molar-refractivity contribution in [3.8, 4) is 0 Å². The summed E-state index contributed by atoms with van der Waals surface area (Å²) < 4.78 is 6.47. The first kappa shape index (κ1) is 18.1. The number of amides is 1. The van der Waals surface area contributed by atoms with Gasteiger partial charge in [-0.15, -0.1) is 0 Å². The van der Waals surface area contributed by atoms with Gasteiger partial charge in [0.05, 0.1) is 23.3 Å². The number of hydrogen-bond acceptors (Lipinski definition) is 6. The molecule has 0 saturated heterocycles. The van der Waals surface area contributed by atoms with E-state index in [1.54, 1.807) is 38.1 Å². The molecule has 0 bridgehead atoms. The van der Waals surface area contributed by atoms with E-state index in [4.69, 9.17) is 4.74 Å². The Morgan fingerprint density at radius 1 is 1.32 bits per heavy atom. The number of nitrogens with zero attached hydrogens (tertiary/aromatic N) is 4. The molecule has 1 aromatic carbocycles. The van der Waals surface area contributed by atoms with Gasteiger partial charge in [0.25, 0.3) is 11.6 Å². The molecular weight excluding hydrogens is 328 g/mol. The van der Waals surface area contributed by atoms with Crippen molar-refractivity contribution < 1.29 is 19.2 Å². The highest BCUT2D eigenvalue weighted by Gasteiger charge is 2.21. The summed E-state index contributed by atoms with van der Waals surface area (Å²) in [5, 5.41) is 15.1. The number of rotatable bonds is 6. The SMILES string of the molecule is CCOC(=O)c1cc(C(=O)N(C)Cc2cnn(C)c2)cc([N+](=O)[O-])c1. The lowest BCUT2D eigenvalue weighted by Gasteiger charge is -2.16. The van der Waals surface area contributed by atoms with E-state index in [2.05, 4.69) is 5.10 Å². The van der Waals surface area contributed by atoms with Crippen molar-refractivity contribution >= 4 is 17.6 Å². The summed E-state index contributed by atoms with van der Waals surface area (Å²) in [7, 11) is 3.33. The van der Waals surface area contributed by atoms with Crippen LogP contribution in [0.3, 0.4) is 0 Å². The quantitative estimate of drug-likeness (QED) is 0.448. The molecule has 0 unspecified atom stereocenters. The molecule has 0 aliphatic carbocycles. The van der Waals surface area contributed by atoms with E-state index in [0.29, 0.717) is 0 Å². The second kappa shape index (κ2) is 7.56. The molecule has 9 nitrogen and oxygen atoms in total. The number of aryl methyl sites for hydroxylation is 1. The van der Waals surface area contributed by atoms with Crippen molar-refractivity contribution in [1.82, 2.24) is 14.7 Å². The number of ether oxygens (including phenoxy) is 1. The second-order valence-electron chi connectivity index (χ2n) is 5.43. The van der Waals surface area contributed by atoms with Gasteiger partial charge in [-0.1, -0.05) is 0 Å². The first-order valence-corrected chi connectivity index (χ1v) is 7.51. The Morgan fingerprint density at radius 2 is 2.00 bits per heavy atom. The number of nitro groups is 1. The number of carbonyl (C=O) groups excluding carboxylic acids is 2. The van der Waals surface area contributed by atoms with Crippen molar-refractivity contribution in [1.29, 1.82) is 0 Å². The van der Waals surface area contributed by atoms with Gasteiger partial charge in [-0.25, -0.2) is 4.79 Å². The minimum absolute atomic E-state index is 0.0332. The lowest BCUT2D eigenvalue weighted by molar-refractivity contribution is -0.384. The van der Waals surface area contributed by atoms with Gasteiger partial charge in [-0.2, -0.15) is 5.10 Å². The van der Waals surface area contributed by atoms with Gasteiger partial charge < -0.3 is 9.64 Å². The summed E-state index contributed by atoms with van der Waals surface area (Å²) >= 11 is 0. The maximum atomic E-state index is 12.6. The second-order valence-corrected chi connectivity index (χ2v) is 5.43. The van der Waals surface area contributed by atoms with Crippen LogP contribution >= 0.6 is 0 Å². The van der Waals surface area contributed by atoms with Crippen LogP contribution in [0.1, 0.15) is 33.2 Å². The zero-order valence-corrected chi connectivity index (χ0v) is 14.1. The lowest BCUT2D eigenvalue weighted by atomic mass is 10.1. The van der Waals surface area contributed by atoms with Crippen LogP contribution in [-0.4, -0.2) is 45.1 Å². The summed E-state index contributed by atoms with van der Waals surface area (Å²) in [5.41, 5.74) is 0.482. The molecule has 2 aromatic rings. The van der Waals surface area contributed by atoms with E-state index in [9.17, 15) is 19.7 Å². The van der Waals surface area contributed by atoms with E-state index in [0.717, 1.165) is 17.7 Å². The molecular formula is C16H18N4O5. The molecule has 9 heteroatoms. The van der Waals surface area contributed by atoms with E-state index < -0.39 is 16.8 Å². The minimum Gasteiger partial charge on any atom is -0.462 e. The Morgan fingerprint density at radius 3 is 2.56 bits per heavy atom. The average molecular weight is 346 g/mol. The highest BCUT2D eigenvalue weighted by molar-refractivity contribution is 5.98. The van der Waals surface area contributed by atoms with Crippen LogP contribution < -0.4 is 0 Å². The third kappa shape index (κ3) is 4.40. The summed E-state index contributed by atoms with van der Waals surface area (Å²) in [5.74, 6) is -1.16. The molecule has 0 fully saturated rings. The van der Waals surface area contributed by atoms with Crippen LogP contribution in [0.15, 0.2) is 30.6 Å². The topological polar surface area (TPSA) is 108 Å². The van der Waals surface area contributed by atoms with Gasteiger partial charge in [0.1, 0.15) is 0 Å². The Hall–Kier alpha value is -3.23. The maximum Gasteiger partial charge on any atom is 0.338 e. The molecule has 0 radical (unpaired) electrons. The van der Waals surface area contributed by atoms with E-state index >= 15 is 0 Å². The fourth-order valence-corrected chi connectivity index (χ4v) is 2.29. The van der Waals surface area contributed by atoms with Gasteiger partial charge >= 0.3 is 5.97 Å². The highest BCUT2D eigenvalue weighted by atomic mass is 16.6. The van der Waals surface area contributed by atoms with Gasteiger partial charge in [-0.05, 0) is 13.0 Å². The molecule has 132 valence electrons. The molecule has 0 aliphatic heterocycles. The predicted octanol–water partition coefficient (Wildman–Crippen LogP) is 1.78. The third-order valence-electron chi connectivity index (χ3n) is 3.41. The molecule has 0 N–H and O–H groups in total. The van der Waals surface area contributed by atoms with Crippen LogP contribution in [-0.2, 0) is 18.3 Å².